The summed E-state index contributed by atoms with van der Waals surface area (Å²) in [6, 6.07) is 19.0. The molecule has 0 aromatic heterocycles. The largest absolute Gasteiger partial charge is 0.466 e. The van der Waals surface area contributed by atoms with E-state index in [0.29, 0.717) is 18.9 Å². The highest BCUT2D eigenvalue weighted by atomic mass is 16.5. The number of ether oxygens (including phenoxy) is 1. The van der Waals surface area contributed by atoms with E-state index in [1.807, 2.05) is 13.0 Å². The molecule has 108 valence electrons. The van der Waals surface area contributed by atoms with Gasteiger partial charge >= 0.3 is 5.97 Å². The zero-order valence-corrected chi connectivity index (χ0v) is 12.3. The van der Waals surface area contributed by atoms with Gasteiger partial charge in [-0.2, -0.15) is 0 Å². The highest BCUT2D eigenvalue weighted by molar-refractivity contribution is 5.71. The van der Waals surface area contributed by atoms with Gasteiger partial charge in [0.2, 0.25) is 0 Å². The molecular weight excluding hydrogens is 260 g/mol. The SMILES string of the molecule is CCOC(=O)CC1CC(c2ccccc2)c2ccccc21. The molecule has 0 radical (unpaired) electrons. The predicted molar refractivity (Wildman–Crippen MR) is 83.3 cm³/mol. The molecule has 2 aromatic carbocycles. The van der Waals surface area contributed by atoms with Crippen molar-refractivity contribution in [1.29, 1.82) is 0 Å². The Kier molecular flexibility index (Phi) is 4.05. The van der Waals surface area contributed by atoms with Crippen LogP contribution in [0.3, 0.4) is 0 Å². The van der Waals surface area contributed by atoms with E-state index in [9.17, 15) is 4.79 Å². The molecule has 3 rings (SSSR count). The maximum absolute atomic E-state index is 11.8. The van der Waals surface area contributed by atoms with Crippen LogP contribution in [0, 0.1) is 0 Å². The minimum atomic E-state index is -0.0917. The molecule has 0 saturated carbocycles. The average molecular weight is 280 g/mol. The molecule has 0 amide bonds. The Hall–Kier alpha value is -2.09. The van der Waals surface area contributed by atoms with Crippen molar-refractivity contribution in [2.24, 2.45) is 0 Å². The van der Waals surface area contributed by atoms with E-state index in [4.69, 9.17) is 4.74 Å². The molecule has 0 N–H and O–H groups in total. The summed E-state index contributed by atoms with van der Waals surface area (Å²) >= 11 is 0. The number of fused-ring (bicyclic) bond motifs is 1. The average Bonchev–Trinajstić information content (AvgIpc) is 2.87. The van der Waals surface area contributed by atoms with Gasteiger partial charge in [-0.1, -0.05) is 54.6 Å². The summed E-state index contributed by atoms with van der Waals surface area (Å²) in [6.07, 6.45) is 1.47. The van der Waals surface area contributed by atoms with Crippen molar-refractivity contribution in [3.8, 4) is 0 Å². The summed E-state index contributed by atoms with van der Waals surface area (Å²) in [6.45, 7) is 2.31. The molecule has 2 nitrogen and oxygen atoms in total. The van der Waals surface area contributed by atoms with Crippen molar-refractivity contribution in [3.63, 3.8) is 0 Å². The third-order valence-corrected chi connectivity index (χ3v) is 4.25. The number of rotatable bonds is 4. The van der Waals surface area contributed by atoms with Gasteiger partial charge in [-0.05, 0) is 36.0 Å². The number of carbonyl (C=O) groups excluding carboxylic acids is 1. The number of carbonyl (C=O) groups is 1. The maximum Gasteiger partial charge on any atom is 0.306 e. The second-order valence-corrected chi connectivity index (χ2v) is 5.53. The zero-order valence-electron chi connectivity index (χ0n) is 12.3. The van der Waals surface area contributed by atoms with Gasteiger partial charge in [-0.15, -0.1) is 0 Å². The number of benzene rings is 2. The molecule has 0 fully saturated rings. The standard InChI is InChI=1S/C19H20O2/c1-2-21-19(20)13-15-12-18(14-8-4-3-5-9-14)17-11-7-6-10-16(15)17/h3-11,15,18H,2,12-13H2,1H3. The lowest BCUT2D eigenvalue weighted by molar-refractivity contribution is -0.143. The first-order chi connectivity index (χ1) is 10.3. The monoisotopic (exact) mass is 280 g/mol. The highest BCUT2D eigenvalue weighted by Gasteiger charge is 2.32. The molecule has 2 unspecified atom stereocenters. The molecule has 2 aromatic rings. The Morgan fingerprint density at radius 2 is 1.71 bits per heavy atom. The molecule has 2 heteroatoms. The molecule has 0 bridgehead atoms. The van der Waals surface area contributed by atoms with Crippen molar-refractivity contribution in [2.45, 2.75) is 31.6 Å². The second-order valence-electron chi connectivity index (χ2n) is 5.53. The lowest BCUT2D eigenvalue weighted by Gasteiger charge is -2.12. The van der Waals surface area contributed by atoms with Crippen molar-refractivity contribution >= 4 is 5.97 Å². The van der Waals surface area contributed by atoms with Gasteiger partial charge in [0.15, 0.2) is 0 Å². The van der Waals surface area contributed by atoms with Gasteiger partial charge in [0.05, 0.1) is 13.0 Å². The molecule has 2 atom stereocenters. The van der Waals surface area contributed by atoms with Crippen molar-refractivity contribution in [2.75, 3.05) is 6.61 Å². The number of hydrogen-bond acceptors (Lipinski definition) is 2. The molecule has 1 aliphatic rings. The van der Waals surface area contributed by atoms with Crippen LogP contribution in [0.25, 0.3) is 0 Å². The van der Waals surface area contributed by atoms with Gasteiger partial charge < -0.3 is 4.74 Å². The number of esters is 1. The van der Waals surface area contributed by atoms with E-state index in [2.05, 4.69) is 48.5 Å². The van der Waals surface area contributed by atoms with Crippen molar-refractivity contribution < 1.29 is 9.53 Å². The first-order valence-corrected chi connectivity index (χ1v) is 7.59. The first kappa shape index (κ1) is 13.9. The molecule has 0 saturated heterocycles. The van der Waals surface area contributed by atoms with Crippen LogP contribution >= 0.6 is 0 Å². The topological polar surface area (TPSA) is 26.3 Å². The van der Waals surface area contributed by atoms with Gasteiger partial charge in [-0.25, -0.2) is 0 Å². The fraction of sp³-hybridized carbons (Fsp3) is 0.316. The fourth-order valence-electron chi connectivity index (χ4n) is 3.35. The Bertz CT molecular complexity index is 618. The Balaban J connectivity index is 1.88. The van der Waals surface area contributed by atoms with Crippen LogP contribution in [0.1, 0.15) is 48.3 Å². The minimum absolute atomic E-state index is 0.0917. The number of hydrogen-bond donors (Lipinski definition) is 0. The summed E-state index contributed by atoms with van der Waals surface area (Å²) in [5.74, 6) is 0.568. The van der Waals surface area contributed by atoms with Crippen LogP contribution in [0.4, 0.5) is 0 Å². The normalized spacial score (nSPS) is 20.0. The Morgan fingerprint density at radius 1 is 1.05 bits per heavy atom. The van der Waals surface area contributed by atoms with Crippen molar-refractivity contribution in [3.05, 3.63) is 71.3 Å². The summed E-state index contributed by atoms with van der Waals surface area (Å²) in [4.78, 5) is 11.8. The van der Waals surface area contributed by atoms with Gasteiger partial charge in [0.25, 0.3) is 0 Å². The zero-order chi connectivity index (χ0) is 14.7. The van der Waals surface area contributed by atoms with E-state index in [1.165, 1.54) is 16.7 Å². The van der Waals surface area contributed by atoms with E-state index >= 15 is 0 Å². The van der Waals surface area contributed by atoms with E-state index in [1.54, 1.807) is 0 Å². The van der Waals surface area contributed by atoms with Gasteiger partial charge in [0.1, 0.15) is 0 Å². The van der Waals surface area contributed by atoms with Crippen LogP contribution in [0.2, 0.25) is 0 Å². The second kappa shape index (κ2) is 6.13. The summed E-state index contributed by atoms with van der Waals surface area (Å²) in [7, 11) is 0. The van der Waals surface area contributed by atoms with Crippen LogP contribution in [0.5, 0.6) is 0 Å². The quantitative estimate of drug-likeness (QED) is 0.782. The lowest BCUT2D eigenvalue weighted by atomic mass is 9.92. The first-order valence-electron chi connectivity index (χ1n) is 7.59. The summed E-state index contributed by atoms with van der Waals surface area (Å²) in [5, 5.41) is 0. The molecular formula is C19H20O2. The smallest absolute Gasteiger partial charge is 0.306 e. The van der Waals surface area contributed by atoms with Gasteiger partial charge in [-0.3, -0.25) is 4.79 Å². The van der Waals surface area contributed by atoms with Crippen molar-refractivity contribution in [1.82, 2.24) is 0 Å². The maximum atomic E-state index is 11.8. The Labute approximate surface area is 125 Å². The van der Waals surface area contributed by atoms with Crippen LogP contribution in [0.15, 0.2) is 54.6 Å². The summed E-state index contributed by atoms with van der Waals surface area (Å²) in [5.41, 5.74) is 3.99. The van der Waals surface area contributed by atoms with E-state index < -0.39 is 0 Å². The van der Waals surface area contributed by atoms with Crippen LogP contribution in [-0.2, 0) is 9.53 Å². The highest BCUT2D eigenvalue weighted by Crippen LogP contribution is 2.46. The molecule has 0 aliphatic heterocycles. The summed E-state index contributed by atoms with van der Waals surface area (Å²) < 4.78 is 5.12. The van der Waals surface area contributed by atoms with Crippen LogP contribution in [-0.4, -0.2) is 12.6 Å². The van der Waals surface area contributed by atoms with E-state index in [0.717, 1.165) is 6.42 Å². The van der Waals surface area contributed by atoms with Gasteiger partial charge in [0, 0.05) is 5.92 Å². The molecule has 21 heavy (non-hydrogen) atoms. The van der Waals surface area contributed by atoms with Crippen LogP contribution < -0.4 is 0 Å². The molecule has 0 spiro atoms. The third kappa shape index (κ3) is 2.85. The minimum Gasteiger partial charge on any atom is -0.466 e. The molecule has 0 heterocycles. The van der Waals surface area contributed by atoms with E-state index in [-0.39, 0.29) is 11.9 Å². The Morgan fingerprint density at radius 3 is 2.43 bits per heavy atom. The molecule has 1 aliphatic carbocycles. The predicted octanol–water partition coefficient (Wildman–Crippen LogP) is 4.26. The fourth-order valence-corrected chi connectivity index (χ4v) is 3.35. The lowest BCUT2D eigenvalue weighted by Crippen LogP contribution is -2.08. The third-order valence-electron chi connectivity index (χ3n) is 4.25.